The highest BCUT2D eigenvalue weighted by Crippen LogP contribution is 2.48. The summed E-state index contributed by atoms with van der Waals surface area (Å²) in [4.78, 5) is 13.8. The third-order valence-electron chi connectivity index (χ3n) is 5.23. The van der Waals surface area contributed by atoms with Crippen molar-refractivity contribution in [1.29, 1.82) is 0 Å². The summed E-state index contributed by atoms with van der Waals surface area (Å²) < 4.78 is 0. The van der Waals surface area contributed by atoms with E-state index in [2.05, 4.69) is 17.4 Å². The summed E-state index contributed by atoms with van der Waals surface area (Å²) in [5, 5.41) is 0. The van der Waals surface area contributed by atoms with Crippen LogP contribution in [0.4, 0.5) is 0 Å². The molecule has 4 heteroatoms. The van der Waals surface area contributed by atoms with E-state index in [-0.39, 0.29) is 5.91 Å². The second-order valence-corrected chi connectivity index (χ2v) is 6.80. The molecule has 1 amide bonds. The first kappa shape index (κ1) is 14.5. The minimum atomic E-state index is -0.239. The molecule has 0 heterocycles. The summed E-state index contributed by atoms with van der Waals surface area (Å²) in [6.45, 7) is 2.14. The highest BCUT2D eigenvalue weighted by Gasteiger charge is 2.39. The maximum absolute atomic E-state index is 11.4. The zero-order valence-electron chi connectivity index (χ0n) is 12.7. The third kappa shape index (κ3) is 3.27. The molecule has 2 aliphatic rings. The van der Waals surface area contributed by atoms with Gasteiger partial charge in [0.15, 0.2) is 0 Å². The number of carbonyl (C=O) groups excluding carboxylic acids is 1. The van der Waals surface area contributed by atoms with Crippen LogP contribution in [0.25, 0.3) is 0 Å². The molecule has 2 bridgehead atoms. The van der Waals surface area contributed by atoms with E-state index in [1.807, 2.05) is 24.3 Å². The maximum atomic E-state index is 11.4. The van der Waals surface area contributed by atoms with E-state index in [4.69, 9.17) is 5.84 Å². The van der Waals surface area contributed by atoms with Crippen LogP contribution in [-0.4, -0.2) is 24.4 Å². The van der Waals surface area contributed by atoms with Gasteiger partial charge in [-0.1, -0.05) is 18.6 Å². The molecule has 4 nitrogen and oxygen atoms in total. The van der Waals surface area contributed by atoms with Crippen molar-refractivity contribution in [3.63, 3.8) is 0 Å². The van der Waals surface area contributed by atoms with E-state index in [9.17, 15) is 4.79 Å². The second-order valence-electron chi connectivity index (χ2n) is 6.80. The fraction of sp³-hybridized carbons (Fsp3) is 0.588. The predicted octanol–water partition coefficient (Wildman–Crippen LogP) is 2.16. The number of hydrogen-bond acceptors (Lipinski definition) is 3. The average molecular weight is 287 g/mol. The molecule has 2 fully saturated rings. The monoisotopic (exact) mass is 287 g/mol. The molecule has 3 unspecified atom stereocenters. The first-order valence-corrected chi connectivity index (χ1v) is 7.94. The molecule has 0 aliphatic heterocycles. The zero-order chi connectivity index (χ0) is 14.8. The number of fused-ring (bicyclic) bond motifs is 2. The summed E-state index contributed by atoms with van der Waals surface area (Å²) in [6.07, 6.45) is 5.83. The number of rotatable bonds is 5. The highest BCUT2D eigenvalue weighted by molar-refractivity contribution is 5.93. The maximum Gasteiger partial charge on any atom is 0.265 e. The van der Waals surface area contributed by atoms with Gasteiger partial charge < -0.3 is 4.90 Å². The Kier molecular flexibility index (Phi) is 4.27. The Morgan fingerprint density at radius 2 is 2.05 bits per heavy atom. The average Bonchev–Trinajstić information content (AvgIpc) is 3.09. The zero-order valence-corrected chi connectivity index (χ0v) is 12.7. The fourth-order valence-electron chi connectivity index (χ4n) is 4.22. The van der Waals surface area contributed by atoms with E-state index in [0.29, 0.717) is 5.56 Å². The number of amides is 1. The SMILES string of the molecule is CN(Cc1ccc(C(=O)NN)cc1)CC1CC2CCC1C2. The molecule has 0 saturated heterocycles. The molecule has 3 atom stereocenters. The molecule has 3 N–H and O–H groups in total. The predicted molar refractivity (Wildman–Crippen MR) is 83.4 cm³/mol. The summed E-state index contributed by atoms with van der Waals surface area (Å²) in [6, 6.07) is 7.70. The van der Waals surface area contributed by atoms with Gasteiger partial charge in [0.1, 0.15) is 0 Å². The number of nitrogens with zero attached hydrogens (tertiary/aromatic N) is 1. The van der Waals surface area contributed by atoms with Crippen LogP contribution in [0.5, 0.6) is 0 Å². The van der Waals surface area contributed by atoms with E-state index < -0.39 is 0 Å². The number of nitrogens with one attached hydrogen (secondary N) is 1. The van der Waals surface area contributed by atoms with Gasteiger partial charge in [0.25, 0.3) is 5.91 Å². The fourth-order valence-corrected chi connectivity index (χ4v) is 4.22. The van der Waals surface area contributed by atoms with Crippen LogP contribution in [-0.2, 0) is 6.54 Å². The van der Waals surface area contributed by atoms with Gasteiger partial charge in [-0.25, -0.2) is 5.84 Å². The lowest BCUT2D eigenvalue weighted by Gasteiger charge is -2.27. The van der Waals surface area contributed by atoms with Crippen molar-refractivity contribution < 1.29 is 4.79 Å². The summed E-state index contributed by atoms with van der Waals surface area (Å²) >= 11 is 0. The standard InChI is InChI=1S/C17H25N3O/c1-20(11-16-9-13-4-7-15(16)8-13)10-12-2-5-14(6-3-12)17(21)19-18/h2-3,5-6,13,15-16H,4,7-11,18H2,1H3,(H,19,21). The Balaban J connectivity index is 1.52. The van der Waals surface area contributed by atoms with Crippen LogP contribution in [0.15, 0.2) is 24.3 Å². The van der Waals surface area contributed by atoms with Crippen LogP contribution in [0.1, 0.15) is 41.6 Å². The van der Waals surface area contributed by atoms with Crippen LogP contribution in [0.3, 0.4) is 0 Å². The Hall–Kier alpha value is -1.39. The lowest BCUT2D eigenvalue weighted by Crippen LogP contribution is -2.30. The van der Waals surface area contributed by atoms with Crippen LogP contribution < -0.4 is 11.3 Å². The van der Waals surface area contributed by atoms with Gasteiger partial charge in [0.05, 0.1) is 0 Å². The lowest BCUT2D eigenvalue weighted by atomic mass is 9.88. The molecule has 1 aromatic carbocycles. The van der Waals surface area contributed by atoms with Crippen molar-refractivity contribution in [3.05, 3.63) is 35.4 Å². The molecule has 21 heavy (non-hydrogen) atoms. The minimum Gasteiger partial charge on any atom is -0.302 e. The summed E-state index contributed by atoms with van der Waals surface area (Å²) in [5.41, 5.74) is 4.01. The Morgan fingerprint density at radius 3 is 2.62 bits per heavy atom. The third-order valence-corrected chi connectivity index (χ3v) is 5.23. The van der Waals surface area contributed by atoms with Crippen LogP contribution in [0, 0.1) is 17.8 Å². The Bertz CT molecular complexity index is 499. The second kappa shape index (κ2) is 6.16. The van der Waals surface area contributed by atoms with E-state index >= 15 is 0 Å². The Morgan fingerprint density at radius 1 is 1.29 bits per heavy atom. The van der Waals surface area contributed by atoms with Crippen molar-refractivity contribution >= 4 is 5.91 Å². The van der Waals surface area contributed by atoms with Gasteiger partial charge in [-0.3, -0.25) is 10.2 Å². The molecule has 1 aromatic rings. The molecule has 0 spiro atoms. The van der Waals surface area contributed by atoms with Crippen molar-refractivity contribution in [3.8, 4) is 0 Å². The minimum absolute atomic E-state index is 0.239. The first-order chi connectivity index (χ1) is 10.2. The summed E-state index contributed by atoms with van der Waals surface area (Å²) in [7, 11) is 2.20. The normalized spacial score (nSPS) is 27.3. The molecule has 2 saturated carbocycles. The molecular weight excluding hydrogens is 262 g/mol. The number of carbonyl (C=O) groups is 1. The van der Waals surface area contributed by atoms with Crippen LogP contribution in [0.2, 0.25) is 0 Å². The van der Waals surface area contributed by atoms with Crippen LogP contribution >= 0.6 is 0 Å². The van der Waals surface area contributed by atoms with Crippen molar-refractivity contribution in [2.24, 2.45) is 23.6 Å². The smallest absolute Gasteiger partial charge is 0.265 e. The molecular formula is C17H25N3O. The lowest BCUT2D eigenvalue weighted by molar-refractivity contribution is 0.0953. The van der Waals surface area contributed by atoms with Crippen molar-refractivity contribution in [2.45, 2.75) is 32.2 Å². The van der Waals surface area contributed by atoms with Gasteiger partial charge in [0, 0.05) is 18.7 Å². The van der Waals surface area contributed by atoms with Gasteiger partial charge in [-0.05, 0) is 61.8 Å². The van der Waals surface area contributed by atoms with Gasteiger partial charge in [-0.15, -0.1) is 0 Å². The number of hydrogen-bond donors (Lipinski definition) is 2. The number of nitrogens with two attached hydrogens (primary N) is 1. The van der Waals surface area contributed by atoms with Gasteiger partial charge >= 0.3 is 0 Å². The van der Waals surface area contributed by atoms with Crippen molar-refractivity contribution in [2.75, 3.05) is 13.6 Å². The molecule has 0 aromatic heterocycles. The Labute approximate surface area is 126 Å². The highest BCUT2D eigenvalue weighted by atomic mass is 16.2. The quantitative estimate of drug-likeness (QED) is 0.496. The molecule has 114 valence electrons. The topological polar surface area (TPSA) is 58.4 Å². The van der Waals surface area contributed by atoms with Gasteiger partial charge in [-0.2, -0.15) is 0 Å². The number of nitrogen functional groups attached to an aromatic ring is 1. The number of benzene rings is 1. The molecule has 3 rings (SSSR count). The van der Waals surface area contributed by atoms with E-state index in [0.717, 1.165) is 24.3 Å². The largest absolute Gasteiger partial charge is 0.302 e. The molecule has 2 aliphatic carbocycles. The number of hydrazine groups is 1. The first-order valence-electron chi connectivity index (χ1n) is 7.94. The van der Waals surface area contributed by atoms with E-state index in [1.54, 1.807) is 0 Å². The van der Waals surface area contributed by atoms with E-state index in [1.165, 1.54) is 37.8 Å². The van der Waals surface area contributed by atoms with Crippen molar-refractivity contribution in [1.82, 2.24) is 10.3 Å². The molecule has 0 radical (unpaired) electrons. The summed E-state index contributed by atoms with van der Waals surface area (Å²) in [5.74, 6) is 7.79. The van der Waals surface area contributed by atoms with Gasteiger partial charge in [0.2, 0.25) is 0 Å².